The molecule has 0 saturated heterocycles. The van der Waals surface area contributed by atoms with Crippen molar-refractivity contribution in [1.29, 1.82) is 0 Å². The molecule has 0 fully saturated rings. The number of anilines is 1. The van der Waals surface area contributed by atoms with Gasteiger partial charge >= 0.3 is 5.97 Å². The van der Waals surface area contributed by atoms with E-state index in [4.69, 9.17) is 5.73 Å². The molecular formula is C13H14N4O3. The number of nitrogen functional groups attached to an aromatic ring is 1. The average molecular weight is 274 g/mol. The number of aromatic nitrogens is 3. The fourth-order valence-electron chi connectivity index (χ4n) is 2.73. The molecule has 3 rings (SSSR count). The molecule has 2 aromatic rings. The number of hydrogen-bond acceptors (Lipinski definition) is 5. The van der Waals surface area contributed by atoms with Crippen molar-refractivity contribution < 1.29 is 15.0 Å². The molecule has 2 atom stereocenters. The van der Waals surface area contributed by atoms with Gasteiger partial charge in [0.25, 0.3) is 0 Å². The number of benzene rings is 1. The minimum atomic E-state index is -0.964. The van der Waals surface area contributed by atoms with Gasteiger partial charge in [-0.3, -0.25) is 0 Å². The lowest BCUT2D eigenvalue weighted by atomic mass is 9.85. The summed E-state index contributed by atoms with van der Waals surface area (Å²) in [5.74, 6) is -0.333. The topological polar surface area (TPSA) is 114 Å². The maximum absolute atomic E-state index is 11.6. The largest absolute Gasteiger partial charge is 0.508 e. The third kappa shape index (κ3) is 1.97. The summed E-state index contributed by atoms with van der Waals surface area (Å²) in [5, 5.41) is 22.8. The van der Waals surface area contributed by atoms with Gasteiger partial charge in [0.05, 0.1) is 0 Å². The van der Waals surface area contributed by atoms with Gasteiger partial charge < -0.3 is 15.9 Å². The Kier molecular flexibility index (Phi) is 2.81. The Bertz CT molecular complexity index is 650. The summed E-state index contributed by atoms with van der Waals surface area (Å²) < 4.78 is 1.40. The number of phenolic OH excluding ortho intramolecular Hbond substituents is 1. The Morgan fingerprint density at radius 3 is 2.70 bits per heavy atom. The van der Waals surface area contributed by atoms with E-state index in [0.717, 1.165) is 5.56 Å². The van der Waals surface area contributed by atoms with Crippen LogP contribution in [-0.4, -0.2) is 30.9 Å². The number of fused-ring (bicyclic) bond motifs is 1. The maximum Gasteiger partial charge on any atom is 0.329 e. The molecule has 2 unspecified atom stereocenters. The second kappa shape index (κ2) is 4.52. The highest BCUT2D eigenvalue weighted by atomic mass is 16.4. The molecule has 0 spiro atoms. The fraction of sp³-hybridized carbons (Fsp3) is 0.308. The summed E-state index contributed by atoms with van der Waals surface area (Å²) in [4.78, 5) is 15.7. The lowest BCUT2D eigenvalue weighted by Crippen LogP contribution is -2.32. The van der Waals surface area contributed by atoms with Gasteiger partial charge in [0.1, 0.15) is 11.6 Å². The molecule has 0 aliphatic carbocycles. The molecule has 2 heterocycles. The Morgan fingerprint density at radius 2 is 2.05 bits per heavy atom. The molecule has 0 saturated carbocycles. The standard InChI is InChI=1S/C13H14N4O3/c14-13-15-10-6-5-9(7-1-3-8(18)4-2-7)11(12(19)20)17(10)16-13/h1-4,9,11,18H,5-6H2,(H2,14,16)(H,19,20). The molecule has 1 aliphatic heterocycles. The van der Waals surface area contributed by atoms with E-state index in [2.05, 4.69) is 10.1 Å². The van der Waals surface area contributed by atoms with E-state index in [1.807, 2.05) is 0 Å². The van der Waals surface area contributed by atoms with Gasteiger partial charge in [0.2, 0.25) is 5.95 Å². The second-order valence-electron chi connectivity index (χ2n) is 4.85. The molecule has 20 heavy (non-hydrogen) atoms. The summed E-state index contributed by atoms with van der Waals surface area (Å²) in [7, 11) is 0. The molecule has 4 N–H and O–H groups in total. The third-order valence-electron chi connectivity index (χ3n) is 3.62. The molecule has 1 aliphatic rings. The average Bonchev–Trinajstić information content (AvgIpc) is 2.78. The van der Waals surface area contributed by atoms with Crippen molar-refractivity contribution in [3.8, 4) is 5.75 Å². The van der Waals surface area contributed by atoms with Crippen LogP contribution in [0, 0.1) is 0 Å². The minimum Gasteiger partial charge on any atom is -0.508 e. The Balaban J connectivity index is 2.04. The van der Waals surface area contributed by atoms with Gasteiger partial charge in [0.15, 0.2) is 6.04 Å². The van der Waals surface area contributed by atoms with Crippen molar-refractivity contribution in [2.45, 2.75) is 24.8 Å². The number of aliphatic carboxylic acids is 1. The first-order valence-corrected chi connectivity index (χ1v) is 6.29. The van der Waals surface area contributed by atoms with E-state index >= 15 is 0 Å². The highest BCUT2D eigenvalue weighted by Gasteiger charge is 2.37. The van der Waals surface area contributed by atoms with Gasteiger partial charge in [0, 0.05) is 12.3 Å². The molecule has 7 heteroatoms. The number of hydrogen-bond donors (Lipinski definition) is 3. The molecule has 1 aromatic heterocycles. The quantitative estimate of drug-likeness (QED) is 0.750. The number of rotatable bonds is 2. The van der Waals surface area contributed by atoms with Crippen LogP contribution in [0.5, 0.6) is 5.75 Å². The van der Waals surface area contributed by atoms with Crippen molar-refractivity contribution in [3.05, 3.63) is 35.7 Å². The number of phenols is 1. The number of carbonyl (C=O) groups is 1. The van der Waals surface area contributed by atoms with Gasteiger partial charge in [-0.2, -0.15) is 4.98 Å². The minimum absolute atomic E-state index is 0.0950. The predicted octanol–water partition coefficient (Wildman–Crippen LogP) is 0.922. The van der Waals surface area contributed by atoms with E-state index in [9.17, 15) is 15.0 Å². The van der Waals surface area contributed by atoms with Crippen LogP contribution in [0.3, 0.4) is 0 Å². The van der Waals surface area contributed by atoms with Gasteiger partial charge in [-0.15, -0.1) is 5.10 Å². The highest BCUT2D eigenvalue weighted by molar-refractivity contribution is 5.73. The summed E-state index contributed by atoms with van der Waals surface area (Å²) in [6, 6.07) is 5.76. The van der Waals surface area contributed by atoms with Crippen LogP contribution < -0.4 is 5.73 Å². The maximum atomic E-state index is 11.6. The fourth-order valence-corrected chi connectivity index (χ4v) is 2.73. The Morgan fingerprint density at radius 1 is 1.35 bits per heavy atom. The summed E-state index contributed by atoms with van der Waals surface area (Å²) in [5.41, 5.74) is 6.41. The molecule has 7 nitrogen and oxygen atoms in total. The zero-order chi connectivity index (χ0) is 14.3. The lowest BCUT2D eigenvalue weighted by molar-refractivity contribution is -0.142. The number of carboxylic acid groups (broad SMARTS) is 1. The molecular weight excluding hydrogens is 260 g/mol. The first-order valence-electron chi connectivity index (χ1n) is 6.29. The molecule has 1 aromatic carbocycles. The summed E-state index contributed by atoms with van der Waals surface area (Å²) in [6.45, 7) is 0. The van der Waals surface area contributed by atoms with Gasteiger partial charge in [-0.1, -0.05) is 12.1 Å². The van der Waals surface area contributed by atoms with Crippen molar-refractivity contribution in [2.24, 2.45) is 0 Å². The lowest BCUT2D eigenvalue weighted by Gasteiger charge is -2.29. The van der Waals surface area contributed by atoms with E-state index in [-0.39, 0.29) is 17.6 Å². The number of nitrogens with zero attached hydrogens (tertiary/aromatic N) is 3. The van der Waals surface area contributed by atoms with Crippen LogP contribution in [0.15, 0.2) is 24.3 Å². The van der Waals surface area contributed by atoms with Gasteiger partial charge in [-0.05, 0) is 24.1 Å². The van der Waals surface area contributed by atoms with Crippen LogP contribution in [0.1, 0.15) is 29.8 Å². The number of aromatic hydroxyl groups is 1. The zero-order valence-electron chi connectivity index (χ0n) is 10.6. The van der Waals surface area contributed by atoms with E-state index in [0.29, 0.717) is 18.7 Å². The monoisotopic (exact) mass is 274 g/mol. The van der Waals surface area contributed by atoms with Crippen LogP contribution in [0.2, 0.25) is 0 Å². The van der Waals surface area contributed by atoms with Crippen LogP contribution >= 0.6 is 0 Å². The second-order valence-corrected chi connectivity index (χ2v) is 4.85. The van der Waals surface area contributed by atoms with Crippen molar-refractivity contribution >= 4 is 11.9 Å². The first-order chi connectivity index (χ1) is 9.56. The zero-order valence-corrected chi connectivity index (χ0v) is 10.6. The molecule has 104 valence electrons. The molecule has 0 radical (unpaired) electrons. The predicted molar refractivity (Wildman–Crippen MR) is 70.3 cm³/mol. The van der Waals surface area contributed by atoms with Crippen LogP contribution in [0.4, 0.5) is 5.95 Å². The highest BCUT2D eigenvalue weighted by Crippen LogP contribution is 2.38. The smallest absolute Gasteiger partial charge is 0.329 e. The van der Waals surface area contributed by atoms with E-state index < -0.39 is 12.0 Å². The van der Waals surface area contributed by atoms with E-state index in [1.165, 1.54) is 4.68 Å². The van der Waals surface area contributed by atoms with Crippen LogP contribution in [-0.2, 0) is 11.2 Å². The Hall–Kier alpha value is -2.57. The molecule has 0 bridgehead atoms. The summed E-state index contributed by atoms with van der Waals surface area (Å²) >= 11 is 0. The SMILES string of the molecule is Nc1nc2n(n1)C(C(=O)O)C(c1ccc(O)cc1)CC2. The first kappa shape index (κ1) is 12.5. The van der Waals surface area contributed by atoms with Crippen LogP contribution in [0.25, 0.3) is 0 Å². The summed E-state index contributed by atoms with van der Waals surface area (Å²) in [6.07, 6.45) is 1.28. The number of carboxylic acids is 1. The van der Waals surface area contributed by atoms with Crippen molar-refractivity contribution in [3.63, 3.8) is 0 Å². The Labute approximate surface area is 114 Å². The van der Waals surface area contributed by atoms with Crippen molar-refractivity contribution in [2.75, 3.05) is 5.73 Å². The van der Waals surface area contributed by atoms with Gasteiger partial charge in [-0.25, -0.2) is 9.48 Å². The van der Waals surface area contributed by atoms with Crippen molar-refractivity contribution in [1.82, 2.24) is 14.8 Å². The number of aryl methyl sites for hydroxylation is 1. The third-order valence-corrected chi connectivity index (χ3v) is 3.62. The molecule has 0 amide bonds. The normalized spacial score (nSPS) is 21.4. The number of nitrogens with two attached hydrogens (primary N) is 1. The van der Waals surface area contributed by atoms with E-state index in [1.54, 1.807) is 24.3 Å².